The van der Waals surface area contributed by atoms with Gasteiger partial charge in [-0.15, -0.1) is 6.58 Å². The summed E-state index contributed by atoms with van der Waals surface area (Å²) in [5.74, 6) is 0.630. The van der Waals surface area contributed by atoms with E-state index in [9.17, 15) is 4.79 Å². The van der Waals surface area contributed by atoms with Crippen LogP contribution in [0.3, 0.4) is 0 Å². The van der Waals surface area contributed by atoms with E-state index in [1.165, 1.54) is 0 Å². The maximum Gasteiger partial charge on any atom is 0.136 e. The highest BCUT2D eigenvalue weighted by Crippen LogP contribution is 2.26. The number of nitrogens with two attached hydrogens (primary N) is 1. The van der Waals surface area contributed by atoms with Crippen LogP contribution in [0.1, 0.15) is 39.0 Å². The molecule has 13 heavy (non-hydrogen) atoms. The van der Waals surface area contributed by atoms with E-state index in [0.29, 0.717) is 12.2 Å². The largest absolute Gasteiger partial charge is 0.328 e. The zero-order chi connectivity index (χ0) is 9.84. The van der Waals surface area contributed by atoms with Gasteiger partial charge in [-0.1, -0.05) is 5.57 Å². The van der Waals surface area contributed by atoms with Crippen LogP contribution in [0.2, 0.25) is 0 Å². The molecule has 0 aromatic carbocycles. The van der Waals surface area contributed by atoms with Gasteiger partial charge >= 0.3 is 0 Å². The number of Topliss-reactive ketones (excluding diaryl/α,β-unsaturated/α-hetero) is 1. The second-order valence-electron chi connectivity index (χ2n) is 4.19. The number of allylic oxidation sites excluding steroid dienone is 1. The van der Waals surface area contributed by atoms with Crippen molar-refractivity contribution in [3.05, 3.63) is 12.2 Å². The first-order valence-corrected chi connectivity index (χ1v) is 5.02. The van der Waals surface area contributed by atoms with Gasteiger partial charge in [-0.2, -0.15) is 0 Å². The van der Waals surface area contributed by atoms with E-state index in [4.69, 9.17) is 5.73 Å². The Labute approximate surface area is 80.2 Å². The second kappa shape index (κ2) is 4.56. The average Bonchev–Trinajstić information content (AvgIpc) is 2.47. The number of hydrogen-bond acceptors (Lipinski definition) is 2. The molecule has 0 aliphatic heterocycles. The molecule has 0 saturated heterocycles. The Morgan fingerprint density at radius 1 is 1.46 bits per heavy atom. The van der Waals surface area contributed by atoms with Crippen LogP contribution in [0.5, 0.6) is 0 Å². The summed E-state index contributed by atoms with van der Waals surface area (Å²) in [6, 6.07) is 0.263. The first-order chi connectivity index (χ1) is 6.09. The molecular formula is C11H19NO. The summed E-state index contributed by atoms with van der Waals surface area (Å²) in [4.78, 5) is 11.6. The molecule has 2 heteroatoms. The van der Waals surface area contributed by atoms with Crippen molar-refractivity contribution in [2.24, 2.45) is 11.7 Å². The fourth-order valence-electron chi connectivity index (χ4n) is 1.85. The third-order valence-corrected chi connectivity index (χ3v) is 2.73. The predicted octanol–water partition coefficient (Wildman–Crippen LogP) is 2.04. The third-order valence-electron chi connectivity index (χ3n) is 2.73. The number of hydrogen-bond donors (Lipinski definition) is 1. The number of ketones is 1. The molecule has 74 valence electrons. The van der Waals surface area contributed by atoms with E-state index in [2.05, 4.69) is 6.58 Å². The predicted molar refractivity (Wildman–Crippen MR) is 54.4 cm³/mol. The zero-order valence-corrected chi connectivity index (χ0v) is 8.38. The average molecular weight is 181 g/mol. The van der Waals surface area contributed by atoms with Crippen molar-refractivity contribution in [3.63, 3.8) is 0 Å². The van der Waals surface area contributed by atoms with Gasteiger partial charge in [0.1, 0.15) is 5.78 Å². The normalized spacial score (nSPS) is 27.5. The smallest absolute Gasteiger partial charge is 0.136 e. The topological polar surface area (TPSA) is 43.1 Å². The van der Waals surface area contributed by atoms with Gasteiger partial charge < -0.3 is 5.73 Å². The van der Waals surface area contributed by atoms with E-state index in [0.717, 1.165) is 31.3 Å². The SMILES string of the molecule is C=C(C)CCC(=O)C1CCC(N)C1. The number of carbonyl (C=O) groups excluding carboxylic acids is 1. The molecule has 1 rings (SSSR count). The third kappa shape index (κ3) is 3.31. The molecule has 0 aromatic heterocycles. The van der Waals surface area contributed by atoms with Gasteiger partial charge in [-0.05, 0) is 32.6 Å². The minimum atomic E-state index is 0.245. The van der Waals surface area contributed by atoms with Crippen LogP contribution in [0, 0.1) is 5.92 Å². The Balaban J connectivity index is 2.27. The Bertz CT molecular complexity index is 210. The van der Waals surface area contributed by atoms with Crippen LogP contribution in [0.15, 0.2) is 12.2 Å². The monoisotopic (exact) mass is 181 g/mol. The molecular weight excluding hydrogens is 162 g/mol. The van der Waals surface area contributed by atoms with Crippen LogP contribution in [-0.2, 0) is 4.79 Å². The number of carbonyl (C=O) groups is 1. The van der Waals surface area contributed by atoms with Crippen LogP contribution < -0.4 is 5.73 Å². The molecule has 2 N–H and O–H groups in total. The van der Waals surface area contributed by atoms with Crippen LogP contribution in [0.25, 0.3) is 0 Å². The number of rotatable bonds is 4. The molecule has 0 spiro atoms. The lowest BCUT2D eigenvalue weighted by molar-refractivity contribution is -0.122. The van der Waals surface area contributed by atoms with Crippen LogP contribution >= 0.6 is 0 Å². The summed E-state index contributed by atoms with van der Waals surface area (Å²) < 4.78 is 0. The van der Waals surface area contributed by atoms with Gasteiger partial charge in [0.15, 0.2) is 0 Å². The van der Waals surface area contributed by atoms with Crippen molar-refractivity contribution in [2.75, 3.05) is 0 Å². The van der Waals surface area contributed by atoms with Gasteiger partial charge in [0, 0.05) is 18.4 Å². The highest BCUT2D eigenvalue weighted by Gasteiger charge is 2.26. The molecule has 0 heterocycles. The maximum absolute atomic E-state index is 11.6. The van der Waals surface area contributed by atoms with Crippen molar-refractivity contribution in [1.82, 2.24) is 0 Å². The molecule has 1 aliphatic rings. The molecule has 1 saturated carbocycles. The van der Waals surface area contributed by atoms with Crippen LogP contribution in [0.4, 0.5) is 0 Å². The lowest BCUT2D eigenvalue weighted by atomic mass is 9.97. The van der Waals surface area contributed by atoms with E-state index in [1.807, 2.05) is 6.92 Å². The van der Waals surface area contributed by atoms with E-state index in [-0.39, 0.29) is 12.0 Å². The Kier molecular flexibility index (Phi) is 3.67. The molecule has 2 nitrogen and oxygen atoms in total. The molecule has 0 aromatic rings. The maximum atomic E-state index is 11.6. The highest BCUT2D eigenvalue weighted by molar-refractivity contribution is 5.81. The summed E-state index contributed by atoms with van der Waals surface area (Å²) in [6.07, 6.45) is 4.41. The standard InChI is InChI=1S/C11H19NO/c1-8(2)3-6-11(13)9-4-5-10(12)7-9/h9-10H,1,3-7,12H2,2H3. The van der Waals surface area contributed by atoms with Gasteiger partial charge in [0.05, 0.1) is 0 Å². The molecule has 0 amide bonds. The van der Waals surface area contributed by atoms with Crippen molar-refractivity contribution >= 4 is 5.78 Å². The quantitative estimate of drug-likeness (QED) is 0.674. The van der Waals surface area contributed by atoms with Gasteiger partial charge in [-0.3, -0.25) is 4.79 Å². The molecule has 2 atom stereocenters. The van der Waals surface area contributed by atoms with Gasteiger partial charge in [0.2, 0.25) is 0 Å². The van der Waals surface area contributed by atoms with E-state index < -0.39 is 0 Å². The summed E-state index contributed by atoms with van der Waals surface area (Å²) in [7, 11) is 0. The first-order valence-electron chi connectivity index (χ1n) is 5.02. The molecule has 2 unspecified atom stereocenters. The van der Waals surface area contributed by atoms with Crippen molar-refractivity contribution in [3.8, 4) is 0 Å². The van der Waals surface area contributed by atoms with E-state index in [1.54, 1.807) is 0 Å². The highest BCUT2D eigenvalue weighted by atomic mass is 16.1. The van der Waals surface area contributed by atoms with Crippen LogP contribution in [-0.4, -0.2) is 11.8 Å². The minimum Gasteiger partial charge on any atom is -0.328 e. The fourth-order valence-corrected chi connectivity index (χ4v) is 1.85. The Morgan fingerprint density at radius 3 is 2.62 bits per heavy atom. The summed E-state index contributed by atoms with van der Waals surface area (Å²) in [6.45, 7) is 5.76. The summed E-state index contributed by atoms with van der Waals surface area (Å²) in [5.41, 5.74) is 6.84. The minimum absolute atomic E-state index is 0.245. The van der Waals surface area contributed by atoms with Gasteiger partial charge in [-0.25, -0.2) is 0 Å². The van der Waals surface area contributed by atoms with Gasteiger partial charge in [0.25, 0.3) is 0 Å². The van der Waals surface area contributed by atoms with E-state index >= 15 is 0 Å². The molecule has 0 bridgehead atoms. The molecule has 0 radical (unpaired) electrons. The van der Waals surface area contributed by atoms with Crippen molar-refractivity contribution < 1.29 is 4.79 Å². The fraction of sp³-hybridized carbons (Fsp3) is 0.727. The Morgan fingerprint density at radius 2 is 2.15 bits per heavy atom. The lowest BCUT2D eigenvalue weighted by Gasteiger charge is -2.07. The second-order valence-corrected chi connectivity index (χ2v) is 4.19. The van der Waals surface area contributed by atoms with Crippen molar-refractivity contribution in [1.29, 1.82) is 0 Å². The zero-order valence-electron chi connectivity index (χ0n) is 8.38. The first kappa shape index (κ1) is 10.5. The summed E-state index contributed by atoms with van der Waals surface area (Å²) in [5, 5.41) is 0. The van der Waals surface area contributed by atoms with Crippen molar-refractivity contribution in [2.45, 2.75) is 45.1 Å². The Hall–Kier alpha value is -0.630. The lowest BCUT2D eigenvalue weighted by Crippen LogP contribution is -2.17. The molecule has 1 aliphatic carbocycles. The molecule has 1 fully saturated rings. The summed E-state index contributed by atoms with van der Waals surface area (Å²) >= 11 is 0.